The molecule has 0 atom stereocenters. The number of hydrogen-bond donors (Lipinski definition) is 1. The molecule has 14 heteroatoms. The normalized spacial score (nSPS) is 11.7. The lowest BCUT2D eigenvalue weighted by molar-refractivity contribution is -0.139. The van der Waals surface area contributed by atoms with E-state index in [1.165, 1.54) is 6.07 Å². The highest BCUT2D eigenvalue weighted by Gasteiger charge is 2.45. The van der Waals surface area contributed by atoms with Gasteiger partial charge in [-0.15, -0.1) is 13.2 Å². The van der Waals surface area contributed by atoms with Gasteiger partial charge in [-0.05, 0) is 58.4 Å². The molecule has 178 valence electrons. The molecule has 1 N–H and O–H groups in total. The lowest BCUT2D eigenvalue weighted by atomic mass is 10.1. The molecule has 0 aliphatic carbocycles. The number of rotatable bonds is 5. The van der Waals surface area contributed by atoms with Crippen LogP contribution in [0.25, 0.3) is 0 Å². The number of carbonyl (C=O) groups excluding carboxylic acids is 1. The predicted molar refractivity (Wildman–Crippen MR) is 108 cm³/mol. The predicted octanol–water partition coefficient (Wildman–Crippen LogP) is 5.92. The number of ether oxygens (including phenoxy) is 1. The standard InChI is InChI=1S/C20H10BrF6N3O4/c21-10-3-5-14(29-9-10)17(31)30(20(25,26)27)15-6-4-11(8-12(15)18(32)33)34-16-13(19(22,23)24)2-1-7-28-16/h1-9H,(H,32,33). The van der Waals surface area contributed by atoms with E-state index in [1.54, 1.807) is 0 Å². The second-order valence-corrected chi connectivity index (χ2v) is 7.33. The molecule has 34 heavy (non-hydrogen) atoms. The molecule has 0 spiro atoms. The Kier molecular flexibility index (Phi) is 6.82. The van der Waals surface area contributed by atoms with Crippen LogP contribution in [0.15, 0.2) is 59.3 Å². The van der Waals surface area contributed by atoms with Crippen molar-refractivity contribution in [2.75, 3.05) is 4.90 Å². The van der Waals surface area contributed by atoms with E-state index < -0.39 is 63.4 Å². The second kappa shape index (κ2) is 9.29. The first-order chi connectivity index (χ1) is 15.8. The van der Waals surface area contributed by atoms with E-state index >= 15 is 0 Å². The number of carbonyl (C=O) groups is 2. The third-order valence-corrected chi connectivity index (χ3v) is 4.60. The van der Waals surface area contributed by atoms with E-state index in [4.69, 9.17) is 4.74 Å². The van der Waals surface area contributed by atoms with Gasteiger partial charge in [0.05, 0.1) is 11.3 Å². The molecule has 0 aliphatic heterocycles. The summed E-state index contributed by atoms with van der Waals surface area (Å²) in [5.74, 6) is -5.08. The van der Waals surface area contributed by atoms with Crippen LogP contribution < -0.4 is 9.64 Å². The number of nitrogens with zero attached hydrogens (tertiary/aromatic N) is 3. The zero-order chi connectivity index (χ0) is 25.3. The third-order valence-electron chi connectivity index (χ3n) is 4.13. The number of hydrogen-bond acceptors (Lipinski definition) is 5. The first-order valence-corrected chi connectivity index (χ1v) is 9.68. The largest absolute Gasteiger partial charge is 0.491 e. The molecule has 0 unspecified atom stereocenters. The number of aromatic nitrogens is 2. The van der Waals surface area contributed by atoms with Crippen molar-refractivity contribution in [2.45, 2.75) is 12.5 Å². The summed E-state index contributed by atoms with van der Waals surface area (Å²) in [6, 6.07) is 5.80. The summed E-state index contributed by atoms with van der Waals surface area (Å²) in [5.41, 5.74) is -4.09. The van der Waals surface area contributed by atoms with Crippen LogP contribution in [0.2, 0.25) is 0 Å². The molecule has 0 aliphatic rings. The maximum atomic E-state index is 13.8. The number of benzene rings is 1. The van der Waals surface area contributed by atoms with Crippen LogP contribution >= 0.6 is 15.9 Å². The number of amides is 1. The fourth-order valence-corrected chi connectivity index (χ4v) is 2.96. The molecule has 0 saturated carbocycles. The fourth-order valence-electron chi connectivity index (χ4n) is 2.72. The number of alkyl halides is 6. The topological polar surface area (TPSA) is 92.6 Å². The first kappa shape index (κ1) is 25.0. The van der Waals surface area contributed by atoms with Gasteiger partial charge in [0.1, 0.15) is 17.0 Å². The van der Waals surface area contributed by atoms with E-state index in [0.29, 0.717) is 22.7 Å². The van der Waals surface area contributed by atoms with E-state index in [1.807, 2.05) is 0 Å². The highest BCUT2D eigenvalue weighted by atomic mass is 79.9. The number of aromatic carboxylic acids is 1. The molecular formula is C20H10BrF6N3O4. The molecule has 2 heterocycles. The van der Waals surface area contributed by atoms with Crippen LogP contribution in [0.3, 0.4) is 0 Å². The minimum absolute atomic E-state index is 0.378. The lowest BCUT2D eigenvalue weighted by Crippen LogP contribution is -2.44. The third kappa shape index (κ3) is 5.44. The van der Waals surface area contributed by atoms with Gasteiger partial charge >= 0.3 is 18.4 Å². The van der Waals surface area contributed by atoms with Crippen LogP contribution in [0.5, 0.6) is 11.6 Å². The number of halogens is 7. The van der Waals surface area contributed by atoms with Crippen molar-refractivity contribution < 1.29 is 45.8 Å². The number of anilines is 1. The van der Waals surface area contributed by atoms with E-state index in [9.17, 15) is 41.0 Å². The minimum atomic E-state index is -5.37. The van der Waals surface area contributed by atoms with Gasteiger partial charge in [0.2, 0.25) is 5.88 Å². The molecule has 3 rings (SSSR count). The van der Waals surface area contributed by atoms with Gasteiger partial charge in [-0.3, -0.25) is 4.79 Å². The Hall–Kier alpha value is -3.68. The number of carboxylic acids is 1. The summed E-state index contributed by atoms with van der Waals surface area (Å²) >= 11 is 3.02. The average Bonchev–Trinajstić information content (AvgIpc) is 2.73. The Morgan fingerprint density at radius 1 is 1.00 bits per heavy atom. The summed E-state index contributed by atoms with van der Waals surface area (Å²) in [4.78, 5) is 30.6. The summed E-state index contributed by atoms with van der Waals surface area (Å²) in [7, 11) is 0. The molecule has 0 bridgehead atoms. The Labute approximate surface area is 194 Å². The zero-order valence-corrected chi connectivity index (χ0v) is 17.9. The van der Waals surface area contributed by atoms with Gasteiger partial charge < -0.3 is 9.84 Å². The van der Waals surface area contributed by atoms with Crippen LogP contribution in [-0.2, 0) is 6.18 Å². The first-order valence-electron chi connectivity index (χ1n) is 8.89. The maximum Gasteiger partial charge on any atom is 0.491 e. The molecular weight excluding hydrogens is 540 g/mol. The summed E-state index contributed by atoms with van der Waals surface area (Å²) in [5, 5.41) is 9.47. The monoisotopic (exact) mass is 549 g/mol. The smallest absolute Gasteiger partial charge is 0.478 e. The zero-order valence-electron chi connectivity index (χ0n) is 16.4. The molecule has 2 aromatic heterocycles. The van der Waals surface area contributed by atoms with Crippen molar-refractivity contribution >= 4 is 33.5 Å². The van der Waals surface area contributed by atoms with Crippen molar-refractivity contribution in [1.82, 2.24) is 9.97 Å². The molecule has 1 amide bonds. The van der Waals surface area contributed by atoms with Gasteiger partial charge in [-0.1, -0.05) is 0 Å². The van der Waals surface area contributed by atoms with Gasteiger partial charge in [0.15, 0.2) is 0 Å². The molecule has 0 radical (unpaired) electrons. The van der Waals surface area contributed by atoms with Gasteiger partial charge in [0, 0.05) is 16.9 Å². The van der Waals surface area contributed by atoms with Crippen molar-refractivity contribution in [2.24, 2.45) is 0 Å². The van der Waals surface area contributed by atoms with Gasteiger partial charge in [-0.25, -0.2) is 19.7 Å². The summed E-state index contributed by atoms with van der Waals surface area (Å²) in [6.45, 7) is 0. The van der Waals surface area contributed by atoms with E-state index in [2.05, 4.69) is 25.9 Å². The Morgan fingerprint density at radius 3 is 2.26 bits per heavy atom. The van der Waals surface area contributed by atoms with Crippen LogP contribution in [0.1, 0.15) is 26.4 Å². The Morgan fingerprint density at radius 2 is 1.71 bits per heavy atom. The Bertz CT molecular complexity index is 1230. The molecule has 0 fully saturated rings. The van der Waals surface area contributed by atoms with Crippen molar-refractivity contribution in [3.63, 3.8) is 0 Å². The summed E-state index contributed by atoms with van der Waals surface area (Å²) < 4.78 is 86.2. The molecule has 1 aromatic carbocycles. The highest BCUT2D eigenvalue weighted by Crippen LogP contribution is 2.39. The van der Waals surface area contributed by atoms with E-state index in [0.717, 1.165) is 30.6 Å². The molecule has 7 nitrogen and oxygen atoms in total. The van der Waals surface area contributed by atoms with Crippen molar-refractivity contribution in [3.8, 4) is 11.6 Å². The van der Waals surface area contributed by atoms with Crippen LogP contribution in [-0.4, -0.2) is 33.3 Å². The van der Waals surface area contributed by atoms with Crippen molar-refractivity contribution in [3.05, 3.63) is 76.2 Å². The van der Waals surface area contributed by atoms with Gasteiger partial charge in [0.25, 0.3) is 5.91 Å². The molecule has 3 aromatic rings. The van der Waals surface area contributed by atoms with Crippen LogP contribution in [0.4, 0.5) is 32.0 Å². The minimum Gasteiger partial charge on any atom is -0.478 e. The highest BCUT2D eigenvalue weighted by molar-refractivity contribution is 9.10. The second-order valence-electron chi connectivity index (χ2n) is 6.41. The summed E-state index contributed by atoms with van der Waals surface area (Å²) in [6.07, 6.45) is -8.19. The molecule has 0 saturated heterocycles. The number of carboxylic acid groups (broad SMARTS) is 1. The Balaban J connectivity index is 2.07. The van der Waals surface area contributed by atoms with Crippen molar-refractivity contribution in [1.29, 1.82) is 0 Å². The van der Waals surface area contributed by atoms with Crippen LogP contribution in [0, 0.1) is 0 Å². The van der Waals surface area contributed by atoms with Gasteiger partial charge in [-0.2, -0.15) is 13.2 Å². The van der Waals surface area contributed by atoms with E-state index in [-0.39, 0.29) is 0 Å². The lowest BCUT2D eigenvalue weighted by Gasteiger charge is -2.26. The average molecular weight is 550 g/mol. The SMILES string of the molecule is O=C(O)c1cc(Oc2ncccc2C(F)(F)F)ccc1N(C(=O)c1ccc(Br)cn1)C(F)(F)F. The maximum absolute atomic E-state index is 13.8. The fraction of sp³-hybridized carbons (Fsp3) is 0.100. The quantitative estimate of drug-likeness (QED) is 0.314. The number of pyridine rings is 2.